The summed E-state index contributed by atoms with van der Waals surface area (Å²) in [6.45, 7) is 3.73. The average molecular weight is 430 g/mol. The van der Waals surface area contributed by atoms with E-state index in [4.69, 9.17) is 0 Å². The summed E-state index contributed by atoms with van der Waals surface area (Å²) < 4.78 is 0.573. The second-order valence-electron chi connectivity index (χ2n) is 5.34. The molecule has 0 aliphatic heterocycles. The van der Waals surface area contributed by atoms with E-state index in [1.54, 1.807) is 30.3 Å². The molecule has 0 bridgehead atoms. The molecule has 0 aromatic heterocycles. The smallest absolute Gasteiger partial charge is 0.270 e. The van der Waals surface area contributed by atoms with Gasteiger partial charge in [-0.2, -0.15) is 0 Å². The zero-order valence-electron chi connectivity index (χ0n) is 14.1. The van der Waals surface area contributed by atoms with Crippen molar-refractivity contribution in [2.24, 2.45) is 0 Å². The van der Waals surface area contributed by atoms with Gasteiger partial charge < -0.3 is 10.6 Å². The summed E-state index contributed by atoms with van der Waals surface area (Å²) in [5.41, 5.74) is 0.587. The molecule has 27 heavy (non-hydrogen) atoms. The van der Waals surface area contributed by atoms with Crippen LogP contribution in [0, 0.1) is 10.1 Å². The number of carbonyl (C=O) groups excluding carboxylic acids is 2. The minimum absolute atomic E-state index is 0.0434. The molecule has 0 atom stereocenters. The molecule has 0 spiro atoms. The van der Waals surface area contributed by atoms with E-state index >= 15 is 0 Å². The number of nitrogens with zero attached hydrogens (tertiary/aromatic N) is 1. The van der Waals surface area contributed by atoms with Crippen molar-refractivity contribution in [3.8, 4) is 0 Å². The summed E-state index contributed by atoms with van der Waals surface area (Å²) in [6.07, 6.45) is 2.87. The summed E-state index contributed by atoms with van der Waals surface area (Å²) in [6, 6.07) is 12.5. The Labute approximate surface area is 164 Å². The first kappa shape index (κ1) is 20.1. The summed E-state index contributed by atoms with van der Waals surface area (Å²) in [7, 11) is 0. The van der Waals surface area contributed by atoms with Crippen LogP contribution in [0.25, 0.3) is 6.08 Å². The van der Waals surface area contributed by atoms with Crippen molar-refractivity contribution in [3.05, 3.63) is 92.6 Å². The molecule has 0 radical (unpaired) electrons. The van der Waals surface area contributed by atoms with Gasteiger partial charge in [-0.3, -0.25) is 19.7 Å². The maximum atomic E-state index is 12.5. The van der Waals surface area contributed by atoms with Gasteiger partial charge in [0.25, 0.3) is 17.5 Å². The second kappa shape index (κ2) is 9.44. The molecule has 8 heteroatoms. The number of nitro groups is 1. The molecule has 2 amide bonds. The fourth-order valence-corrected chi connectivity index (χ4v) is 2.61. The number of amides is 2. The number of halogens is 1. The van der Waals surface area contributed by atoms with Crippen molar-refractivity contribution < 1.29 is 14.5 Å². The van der Waals surface area contributed by atoms with Crippen LogP contribution in [0.2, 0.25) is 0 Å². The zero-order valence-corrected chi connectivity index (χ0v) is 15.7. The van der Waals surface area contributed by atoms with E-state index in [1.807, 2.05) is 0 Å². The van der Waals surface area contributed by atoms with Crippen molar-refractivity contribution in [1.29, 1.82) is 0 Å². The number of hydrogen-bond acceptors (Lipinski definition) is 4. The molecule has 2 aromatic rings. The number of nitrogens with one attached hydrogen (secondary N) is 2. The van der Waals surface area contributed by atoms with Crippen LogP contribution in [-0.2, 0) is 4.79 Å². The van der Waals surface area contributed by atoms with E-state index in [0.717, 1.165) is 0 Å². The minimum Gasteiger partial charge on any atom is -0.347 e. The molecular formula is C19H16BrN3O4. The summed E-state index contributed by atoms with van der Waals surface area (Å²) >= 11 is 3.29. The van der Waals surface area contributed by atoms with Gasteiger partial charge in [-0.05, 0) is 39.7 Å². The Kier molecular flexibility index (Phi) is 7.01. The third-order valence-corrected chi connectivity index (χ3v) is 4.10. The van der Waals surface area contributed by atoms with Gasteiger partial charge in [-0.25, -0.2) is 0 Å². The van der Waals surface area contributed by atoms with Crippen LogP contribution >= 0.6 is 15.9 Å². The Balaban J connectivity index is 2.36. The van der Waals surface area contributed by atoms with Gasteiger partial charge in [0.15, 0.2) is 0 Å². The summed E-state index contributed by atoms with van der Waals surface area (Å²) in [5.74, 6) is -1.03. The SMILES string of the molecule is C=CCNC(=O)/C(=C\c1cccc([N+](=O)[O-])c1)NC(=O)c1ccccc1Br. The van der Waals surface area contributed by atoms with Gasteiger partial charge in [-0.1, -0.05) is 30.3 Å². The third-order valence-electron chi connectivity index (χ3n) is 3.41. The molecule has 0 saturated heterocycles. The van der Waals surface area contributed by atoms with Gasteiger partial charge in [-0.15, -0.1) is 6.58 Å². The molecule has 0 aliphatic rings. The van der Waals surface area contributed by atoms with Crippen LogP contribution < -0.4 is 10.6 Å². The predicted molar refractivity (Wildman–Crippen MR) is 106 cm³/mol. The van der Waals surface area contributed by atoms with Crippen molar-refractivity contribution in [1.82, 2.24) is 10.6 Å². The number of hydrogen-bond donors (Lipinski definition) is 2. The Bertz CT molecular complexity index is 925. The minimum atomic E-state index is -0.540. The first-order chi connectivity index (χ1) is 12.9. The molecule has 0 heterocycles. The van der Waals surface area contributed by atoms with Crippen molar-refractivity contribution in [2.75, 3.05) is 6.54 Å². The molecule has 0 saturated carbocycles. The van der Waals surface area contributed by atoms with Gasteiger partial charge >= 0.3 is 0 Å². The van der Waals surface area contributed by atoms with E-state index in [0.29, 0.717) is 15.6 Å². The lowest BCUT2D eigenvalue weighted by atomic mass is 10.1. The molecular weight excluding hydrogens is 414 g/mol. The van der Waals surface area contributed by atoms with Crippen LogP contribution in [0.3, 0.4) is 0 Å². The Morgan fingerprint density at radius 2 is 1.93 bits per heavy atom. The first-order valence-electron chi connectivity index (χ1n) is 7.83. The quantitative estimate of drug-likeness (QED) is 0.304. The highest BCUT2D eigenvalue weighted by Gasteiger charge is 2.16. The van der Waals surface area contributed by atoms with E-state index in [2.05, 4.69) is 33.1 Å². The van der Waals surface area contributed by atoms with Gasteiger partial charge in [0.05, 0.1) is 10.5 Å². The maximum absolute atomic E-state index is 12.5. The lowest BCUT2D eigenvalue weighted by molar-refractivity contribution is -0.384. The largest absolute Gasteiger partial charge is 0.347 e. The molecule has 2 aromatic carbocycles. The molecule has 0 fully saturated rings. The highest BCUT2D eigenvalue weighted by Crippen LogP contribution is 2.18. The zero-order chi connectivity index (χ0) is 19.8. The Hall–Kier alpha value is -3.26. The van der Waals surface area contributed by atoms with E-state index in [-0.39, 0.29) is 17.9 Å². The third kappa shape index (κ3) is 5.61. The average Bonchev–Trinajstić information content (AvgIpc) is 2.66. The van der Waals surface area contributed by atoms with E-state index < -0.39 is 16.7 Å². The van der Waals surface area contributed by atoms with Gasteiger partial charge in [0.2, 0.25) is 0 Å². The van der Waals surface area contributed by atoms with Crippen LogP contribution in [-0.4, -0.2) is 23.3 Å². The monoisotopic (exact) mass is 429 g/mol. The first-order valence-corrected chi connectivity index (χ1v) is 8.63. The molecule has 7 nitrogen and oxygen atoms in total. The van der Waals surface area contributed by atoms with E-state index in [1.165, 1.54) is 30.4 Å². The normalized spacial score (nSPS) is 10.8. The number of benzene rings is 2. The van der Waals surface area contributed by atoms with Crippen molar-refractivity contribution in [3.63, 3.8) is 0 Å². The highest BCUT2D eigenvalue weighted by molar-refractivity contribution is 9.10. The van der Waals surface area contributed by atoms with Crippen molar-refractivity contribution >= 4 is 39.5 Å². The van der Waals surface area contributed by atoms with Gasteiger partial charge in [0, 0.05) is 23.2 Å². The second-order valence-corrected chi connectivity index (χ2v) is 6.20. The van der Waals surface area contributed by atoms with Crippen molar-refractivity contribution in [2.45, 2.75) is 0 Å². The highest BCUT2D eigenvalue weighted by atomic mass is 79.9. The fraction of sp³-hybridized carbons (Fsp3) is 0.0526. The number of carbonyl (C=O) groups is 2. The van der Waals surface area contributed by atoms with Crippen LogP contribution in [0.5, 0.6) is 0 Å². The molecule has 2 rings (SSSR count). The topological polar surface area (TPSA) is 101 Å². The van der Waals surface area contributed by atoms with E-state index in [9.17, 15) is 19.7 Å². The van der Waals surface area contributed by atoms with Crippen LogP contribution in [0.1, 0.15) is 15.9 Å². The van der Waals surface area contributed by atoms with Gasteiger partial charge in [0.1, 0.15) is 5.70 Å². The summed E-state index contributed by atoms with van der Waals surface area (Å²) in [4.78, 5) is 35.3. The summed E-state index contributed by atoms with van der Waals surface area (Å²) in [5, 5.41) is 16.1. The van der Waals surface area contributed by atoms with Crippen LogP contribution in [0.4, 0.5) is 5.69 Å². The number of rotatable bonds is 7. The Morgan fingerprint density at radius 1 is 1.19 bits per heavy atom. The number of non-ortho nitro benzene ring substituents is 1. The number of nitro benzene ring substituents is 1. The predicted octanol–water partition coefficient (Wildman–Crippen LogP) is 3.43. The molecule has 138 valence electrons. The Morgan fingerprint density at radius 3 is 2.59 bits per heavy atom. The standard InChI is InChI=1S/C19H16BrN3O4/c1-2-10-21-19(25)17(12-13-6-5-7-14(11-13)23(26)27)22-18(24)15-8-3-4-9-16(15)20/h2-9,11-12H,1,10H2,(H,21,25)(H,22,24)/b17-12+. The lowest BCUT2D eigenvalue weighted by Gasteiger charge is -2.11. The molecule has 2 N–H and O–H groups in total. The maximum Gasteiger partial charge on any atom is 0.270 e. The molecule has 0 unspecified atom stereocenters. The lowest BCUT2D eigenvalue weighted by Crippen LogP contribution is -2.35. The van der Waals surface area contributed by atoms with Crippen LogP contribution in [0.15, 0.2) is 71.4 Å². The fourth-order valence-electron chi connectivity index (χ4n) is 2.15. The molecule has 0 aliphatic carbocycles.